The van der Waals surface area contributed by atoms with Crippen LogP contribution in [-0.2, 0) is 14.8 Å². The Kier molecular flexibility index (Phi) is 4.19. The molecule has 9 heteroatoms. The Hall–Kier alpha value is -0.770. The van der Waals surface area contributed by atoms with Gasteiger partial charge < -0.3 is 10.5 Å². The minimum Gasteiger partial charge on any atom is -0.383 e. The summed E-state index contributed by atoms with van der Waals surface area (Å²) in [5, 5.41) is 7.13. The molecule has 0 spiro atoms. The number of methoxy groups -OCH3 is 1. The maximum Gasteiger partial charge on any atom is 0.272 e. The molecule has 16 heavy (non-hydrogen) atoms. The summed E-state index contributed by atoms with van der Waals surface area (Å²) >= 11 is 0.844. The van der Waals surface area contributed by atoms with Crippen molar-refractivity contribution in [3.63, 3.8) is 0 Å². The Balaban J connectivity index is 2.94. The predicted octanol–water partition coefficient (Wildman–Crippen LogP) is -0.224. The number of likely N-dealkylation sites (N-methyl/N-ethyl adjacent to an activating group) is 1. The van der Waals surface area contributed by atoms with Gasteiger partial charge in [0.25, 0.3) is 10.0 Å². The number of ether oxygens (including phenoxy) is 1. The van der Waals surface area contributed by atoms with Crippen LogP contribution in [0.25, 0.3) is 0 Å². The zero-order valence-electron chi connectivity index (χ0n) is 9.24. The van der Waals surface area contributed by atoms with E-state index >= 15 is 0 Å². The maximum atomic E-state index is 12.0. The topological polar surface area (TPSA) is 98.4 Å². The summed E-state index contributed by atoms with van der Waals surface area (Å²) in [5.74, 6) is 0. The highest BCUT2D eigenvalue weighted by Crippen LogP contribution is 2.21. The van der Waals surface area contributed by atoms with Crippen molar-refractivity contribution in [1.82, 2.24) is 14.5 Å². The van der Waals surface area contributed by atoms with Crippen molar-refractivity contribution in [2.24, 2.45) is 0 Å². The molecule has 0 radical (unpaired) electrons. The second-order valence-corrected chi connectivity index (χ2v) is 6.41. The van der Waals surface area contributed by atoms with Gasteiger partial charge in [0.1, 0.15) is 0 Å². The first-order valence-corrected chi connectivity index (χ1v) is 6.71. The van der Waals surface area contributed by atoms with Gasteiger partial charge in [0, 0.05) is 20.2 Å². The Morgan fingerprint density at radius 1 is 1.56 bits per heavy atom. The summed E-state index contributed by atoms with van der Waals surface area (Å²) in [6.07, 6.45) is 0. The molecule has 0 saturated carbocycles. The van der Waals surface area contributed by atoms with E-state index in [-0.39, 0.29) is 15.5 Å². The van der Waals surface area contributed by atoms with Crippen LogP contribution in [0.3, 0.4) is 0 Å². The van der Waals surface area contributed by atoms with E-state index in [1.54, 1.807) is 6.92 Å². The first kappa shape index (κ1) is 13.3. The van der Waals surface area contributed by atoms with Gasteiger partial charge in [-0.05, 0) is 6.92 Å². The lowest BCUT2D eigenvalue weighted by Crippen LogP contribution is -2.37. The first-order chi connectivity index (χ1) is 7.39. The third-order valence-electron chi connectivity index (χ3n) is 2.05. The van der Waals surface area contributed by atoms with E-state index in [4.69, 9.17) is 10.5 Å². The van der Waals surface area contributed by atoms with Gasteiger partial charge in [-0.1, -0.05) is 11.3 Å². The highest BCUT2D eigenvalue weighted by atomic mass is 32.2. The van der Waals surface area contributed by atoms with E-state index in [2.05, 4.69) is 10.2 Å². The van der Waals surface area contributed by atoms with Gasteiger partial charge in [-0.3, -0.25) is 0 Å². The number of nitrogens with zero attached hydrogens (tertiary/aromatic N) is 3. The lowest BCUT2D eigenvalue weighted by Gasteiger charge is -2.21. The fourth-order valence-corrected chi connectivity index (χ4v) is 3.33. The number of rotatable bonds is 5. The standard InChI is InChI=1S/C7H14N4O3S2/c1-5(4-14-3)11(2)16(12,13)7-10-9-6(8)15-7/h5H,4H2,1-3H3,(H2,8,9). The summed E-state index contributed by atoms with van der Waals surface area (Å²) in [4.78, 5) is 0. The summed E-state index contributed by atoms with van der Waals surface area (Å²) < 4.78 is 30.0. The number of nitrogen functional groups attached to an aromatic ring is 1. The number of sulfonamides is 1. The number of anilines is 1. The highest BCUT2D eigenvalue weighted by molar-refractivity contribution is 7.91. The predicted molar refractivity (Wildman–Crippen MR) is 60.6 cm³/mol. The zero-order chi connectivity index (χ0) is 12.3. The molecule has 7 nitrogen and oxygen atoms in total. The molecule has 92 valence electrons. The summed E-state index contributed by atoms with van der Waals surface area (Å²) in [6, 6.07) is -0.278. The van der Waals surface area contributed by atoms with Crippen molar-refractivity contribution in [2.45, 2.75) is 17.3 Å². The molecule has 0 aliphatic carbocycles. The van der Waals surface area contributed by atoms with Crippen LogP contribution < -0.4 is 5.73 Å². The van der Waals surface area contributed by atoms with Crippen molar-refractivity contribution in [3.05, 3.63) is 0 Å². The lowest BCUT2D eigenvalue weighted by molar-refractivity contribution is 0.149. The normalized spacial score (nSPS) is 14.2. The Morgan fingerprint density at radius 2 is 2.19 bits per heavy atom. The molecule has 1 rings (SSSR count). The fraction of sp³-hybridized carbons (Fsp3) is 0.714. The van der Waals surface area contributed by atoms with E-state index in [0.29, 0.717) is 6.61 Å². The molecule has 1 atom stereocenters. The number of nitrogens with two attached hydrogens (primary N) is 1. The molecular formula is C7H14N4O3S2. The monoisotopic (exact) mass is 266 g/mol. The molecule has 1 heterocycles. The van der Waals surface area contributed by atoms with Crippen LogP contribution in [0, 0.1) is 0 Å². The largest absolute Gasteiger partial charge is 0.383 e. The molecule has 0 amide bonds. The molecule has 1 aromatic heterocycles. The first-order valence-electron chi connectivity index (χ1n) is 4.45. The zero-order valence-corrected chi connectivity index (χ0v) is 10.9. The summed E-state index contributed by atoms with van der Waals surface area (Å²) in [6.45, 7) is 2.05. The molecule has 0 aliphatic rings. The Labute approximate surface area is 98.3 Å². The van der Waals surface area contributed by atoms with Gasteiger partial charge in [0.2, 0.25) is 9.47 Å². The van der Waals surface area contributed by atoms with Gasteiger partial charge in [-0.15, -0.1) is 10.2 Å². The van der Waals surface area contributed by atoms with E-state index in [0.717, 1.165) is 11.3 Å². The average molecular weight is 266 g/mol. The van der Waals surface area contributed by atoms with Gasteiger partial charge in [-0.2, -0.15) is 4.31 Å². The van der Waals surface area contributed by atoms with Crippen LogP contribution in [0.1, 0.15) is 6.92 Å². The average Bonchev–Trinajstić information content (AvgIpc) is 2.64. The molecule has 1 unspecified atom stereocenters. The molecule has 1 aromatic rings. The SMILES string of the molecule is COCC(C)N(C)S(=O)(=O)c1nnc(N)s1. The number of hydrogen-bond donors (Lipinski definition) is 1. The third kappa shape index (κ3) is 2.67. The van der Waals surface area contributed by atoms with Crippen molar-refractivity contribution in [2.75, 3.05) is 26.5 Å². The second-order valence-electron chi connectivity index (χ2n) is 3.23. The van der Waals surface area contributed by atoms with Crippen LogP contribution in [0.4, 0.5) is 5.13 Å². The highest BCUT2D eigenvalue weighted by Gasteiger charge is 2.28. The smallest absolute Gasteiger partial charge is 0.272 e. The van der Waals surface area contributed by atoms with Crippen LogP contribution in [0.5, 0.6) is 0 Å². The lowest BCUT2D eigenvalue weighted by atomic mass is 10.4. The summed E-state index contributed by atoms with van der Waals surface area (Å²) in [5.41, 5.74) is 5.35. The van der Waals surface area contributed by atoms with Gasteiger partial charge in [-0.25, -0.2) is 8.42 Å². The van der Waals surface area contributed by atoms with E-state index < -0.39 is 10.0 Å². The molecule has 0 aromatic carbocycles. The van der Waals surface area contributed by atoms with Crippen LogP contribution >= 0.6 is 11.3 Å². The van der Waals surface area contributed by atoms with Gasteiger partial charge >= 0.3 is 0 Å². The van der Waals surface area contributed by atoms with Crippen molar-refractivity contribution >= 4 is 26.5 Å². The molecule has 0 bridgehead atoms. The molecule has 0 saturated heterocycles. The maximum absolute atomic E-state index is 12.0. The van der Waals surface area contributed by atoms with Crippen molar-refractivity contribution < 1.29 is 13.2 Å². The Bertz CT molecular complexity index is 444. The van der Waals surface area contributed by atoms with Crippen molar-refractivity contribution in [1.29, 1.82) is 0 Å². The van der Waals surface area contributed by atoms with E-state index in [9.17, 15) is 8.42 Å². The van der Waals surface area contributed by atoms with Crippen LogP contribution in [-0.4, -0.2) is 49.7 Å². The fourth-order valence-electron chi connectivity index (χ4n) is 1.03. The Morgan fingerprint density at radius 3 is 2.62 bits per heavy atom. The van der Waals surface area contributed by atoms with Gasteiger partial charge in [0.05, 0.1) is 6.61 Å². The third-order valence-corrected chi connectivity index (χ3v) is 5.12. The van der Waals surface area contributed by atoms with Crippen LogP contribution in [0.15, 0.2) is 4.34 Å². The molecular weight excluding hydrogens is 252 g/mol. The second kappa shape index (κ2) is 5.04. The number of aromatic nitrogens is 2. The van der Waals surface area contributed by atoms with Gasteiger partial charge in [0.15, 0.2) is 0 Å². The molecule has 2 N–H and O–H groups in total. The van der Waals surface area contributed by atoms with Crippen molar-refractivity contribution in [3.8, 4) is 0 Å². The van der Waals surface area contributed by atoms with E-state index in [1.165, 1.54) is 18.5 Å². The molecule has 0 fully saturated rings. The minimum atomic E-state index is -3.62. The minimum absolute atomic E-state index is 0.101. The number of hydrogen-bond acceptors (Lipinski definition) is 7. The quantitative estimate of drug-likeness (QED) is 0.791. The van der Waals surface area contributed by atoms with E-state index in [1.807, 2.05) is 0 Å². The van der Waals surface area contributed by atoms with Crippen LogP contribution in [0.2, 0.25) is 0 Å². The summed E-state index contributed by atoms with van der Waals surface area (Å²) in [7, 11) is -0.639. The molecule has 0 aliphatic heterocycles.